The number of ether oxygens (including phenoxy) is 3. The second kappa shape index (κ2) is 7.04. The monoisotopic (exact) mass is 322 g/mol. The van der Waals surface area contributed by atoms with Gasteiger partial charge >= 0.3 is 0 Å². The van der Waals surface area contributed by atoms with E-state index < -0.39 is 0 Å². The molecule has 24 heavy (non-hydrogen) atoms. The molecule has 0 saturated carbocycles. The van der Waals surface area contributed by atoms with Crippen LogP contribution in [0.3, 0.4) is 0 Å². The quantitative estimate of drug-likeness (QED) is 0.618. The molecule has 0 aromatic heterocycles. The zero-order valence-electron chi connectivity index (χ0n) is 13.5. The topological polar surface area (TPSA) is 44.8 Å². The van der Waals surface area contributed by atoms with E-state index in [2.05, 4.69) is 6.58 Å². The van der Waals surface area contributed by atoms with Gasteiger partial charge in [0, 0.05) is 5.57 Å². The van der Waals surface area contributed by atoms with Crippen molar-refractivity contribution in [2.24, 2.45) is 0 Å². The molecule has 4 nitrogen and oxygen atoms in total. The third kappa shape index (κ3) is 3.18. The molecule has 3 rings (SSSR count). The van der Waals surface area contributed by atoms with Gasteiger partial charge in [0.25, 0.3) is 0 Å². The van der Waals surface area contributed by atoms with Crippen LogP contribution in [0.1, 0.15) is 15.9 Å². The molecule has 0 saturated heterocycles. The molecule has 0 unspecified atom stereocenters. The summed E-state index contributed by atoms with van der Waals surface area (Å²) in [4.78, 5) is 12.6. The Balaban J connectivity index is 1.89. The van der Waals surface area contributed by atoms with Crippen LogP contribution < -0.4 is 14.2 Å². The first kappa shape index (κ1) is 15.9. The second-order valence-corrected chi connectivity index (χ2v) is 5.29. The molecule has 1 aliphatic rings. The Bertz CT molecular complexity index is 805. The largest absolute Gasteiger partial charge is 0.493 e. The summed E-state index contributed by atoms with van der Waals surface area (Å²) >= 11 is 0. The lowest BCUT2D eigenvalue weighted by Gasteiger charge is -2.18. The van der Waals surface area contributed by atoms with Gasteiger partial charge in [0.2, 0.25) is 0 Å². The number of para-hydroxylation sites is 1. The molecular formula is C20H18O4. The molecule has 0 aliphatic carbocycles. The van der Waals surface area contributed by atoms with E-state index in [0.717, 1.165) is 5.56 Å². The minimum absolute atomic E-state index is 0.0113. The van der Waals surface area contributed by atoms with Crippen molar-refractivity contribution in [2.45, 2.75) is 0 Å². The summed E-state index contributed by atoms with van der Waals surface area (Å²) in [5, 5.41) is 0. The highest BCUT2D eigenvalue weighted by molar-refractivity contribution is 6.14. The molecule has 1 heterocycles. The van der Waals surface area contributed by atoms with Crippen molar-refractivity contribution in [2.75, 3.05) is 20.3 Å². The van der Waals surface area contributed by atoms with Gasteiger partial charge in [-0.1, -0.05) is 30.9 Å². The molecule has 0 bridgehead atoms. The smallest absolute Gasteiger partial charge is 0.196 e. The van der Waals surface area contributed by atoms with E-state index in [1.807, 2.05) is 36.4 Å². The summed E-state index contributed by atoms with van der Waals surface area (Å²) in [5.41, 5.74) is 2.05. The van der Waals surface area contributed by atoms with Crippen molar-refractivity contribution in [1.82, 2.24) is 0 Å². The Morgan fingerprint density at radius 2 is 2.04 bits per heavy atom. The van der Waals surface area contributed by atoms with Gasteiger partial charge < -0.3 is 14.2 Å². The summed E-state index contributed by atoms with van der Waals surface area (Å²) in [6, 6.07) is 12.8. The molecule has 0 N–H and O–H groups in total. The molecule has 0 spiro atoms. The highest BCUT2D eigenvalue weighted by atomic mass is 16.5. The molecule has 4 heteroatoms. The normalized spacial score (nSPS) is 14.7. The lowest BCUT2D eigenvalue weighted by Crippen LogP contribution is -2.18. The zero-order chi connectivity index (χ0) is 16.9. The Hall–Kier alpha value is -3.01. The maximum Gasteiger partial charge on any atom is 0.196 e. The number of Topliss-reactive ketones (excluding diaryl/α,β-unsaturated/α-hetero) is 1. The molecule has 0 atom stereocenters. The van der Waals surface area contributed by atoms with Crippen LogP contribution in [-0.4, -0.2) is 26.1 Å². The number of hydrogen-bond acceptors (Lipinski definition) is 4. The van der Waals surface area contributed by atoms with Gasteiger partial charge in [-0.25, -0.2) is 0 Å². The molecule has 1 aliphatic heterocycles. The number of fused-ring (bicyclic) bond motifs is 1. The van der Waals surface area contributed by atoms with Gasteiger partial charge in [-0.05, 0) is 35.9 Å². The Kier molecular flexibility index (Phi) is 4.66. The van der Waals surface area contributed by atoms with Gasteiger partial charge in [-0.15, -0.1) is 0 Å². The van der Waals surface area contributed by atoms with Crippen molar-refractivity contribution in [1.29, 1.82) is 0 Å². The van der Waals surface area contributed by atoms with Gasteiger partial charge in [-0.3, -0.25) is 4.79 Å². The van der Waals surface area contributed by atoms with Crippen molar-refractivity contribution < 1.29 is 19.0 Å². The first-order valence-corrected chi connectivity index (χ1v) is 7.61. The van der Waals surface area contributed by atoms with E-state index >= 15 is 0 Å². The van der Waals surface area contributed by atoms with Gasteiger partial charge in [-0.2, -0.15) is 0 Å². The maximum absolute atomic E-state index is 12.6. The van der Waals surface area contributed by atoms with Crippen LogP contribution in [-0.2, 0) is 0 Å². The molecular weight excluding hydrogens is 304 g/mol. The fourth-order valence-corrected chi connectivity index (χ4v) is 2.52. The van der Waals surface area contributed by atoms with Crippen molar-refractivity contribution in [3.63, 3.8) is 0 Å². The fraction of sp³-hybridized carbons (Fsp3) is 0.150. The number of carbonyl (C=O) groups excluding carboxylic acids is 1. The van der Waals surface area contributed by atoms with E-state index in [1.54, 1.807) is 25.3 Å². The molecule has 0 amide bonds. The maximum atomic E-state index is 12.6. The summed E-state index contributed by atoms with van der Waals surface area (Å²) in [6.45, 7) is 4.29. The highest BCUT2D eigenvalue weighted by Crippen LogP contribution is 2.31. The Labute approximate surface area is 141 Å². The third-order valence-corrected chi connectivity index (χ3v) is 3.69. The lowest BCUT2D eigenvalue weighted by molar-refractivity contribution is 0.100. The number of methoxy groups -OCH3 is 1. The average Bonchev–Trinajstić information content (AvgIpc) is 2.63. The summed E-state index contributed by atoms with van der Waals surface area (Å²) in [7, 11) is 1.58. The van der Waals surface area contributed by atoms with Crippen LogP contribution in [0, 0.1) is 0 Å². The predicted octanol–water partition coefficient (Wildman–Crippen LogP) is 3.92. The average molecular weight is 322 g/mol. The Morgan fingerprint density at radius 3 is 2.83 bits per heavy atom. The number of carbonyl (C=O) groups is 1. The second-order valence-electron chi connectivity index (χ2n) is 5.29. The molecule has 0 radical (unpaired) electrons. The van der Waals surface area contributed by atoms with Gasteiger partial charge in [0.15, 0.2) is 17.3 Å². The minimum Gasteiger partial charge on any atom is -0.493 e. The van der Waals surface area contributed by atoms with E-state index in [-0.39, 0.29) is 12.4 Å². The number of hydrogen-bond donors (Lipinski definition) is 0. The zero-order valence-corrected chi connectivity index (χ0v) is 13.5. The number of benzene rings is 2. The first-order valence-electron chi connectivity index (χ1n) is 7.61. The van der Waals surface area contributed by atoms with Gasteiger partial charge in [0.05, 0.1) is 12.7 Å². The van der Waals surface area contributed by atoms with Gasteiger partial charge in [0.1, 0.15) is 19.0 Å². The third-order valence-electron chi connectivity index (χ3n) is 3.69. The molecule has 2 aromatic carbocycles. The van der Waals surface area contributed by atoms with E-state index in [4.69, 9.17) is 14.2 Å². The summed E-state index contributed by atoms with van der Waals surface area (Å²) in [6.07, 6.45) is 3.49. The summed E-state index contributed by atoms with van der Waals surface area (Å²) < 4.78 is 16.5. The van der Waals surface area contributed by atoms with Crippen LogP contribution in [0.25, 0.3) is 6.08 Å². The van der Waals surface area contributed by atoms with Crippen LogP contribution in [0.2, 0.25) is 0 Å². The first-order chi connectivity index (χ1) is 11.7. The standard InChI is InChI=1S/C20H18O4/c1-3-10-23-18-9-8-14(12-19(18)22-2)11-15-13-24-17-7-5-4-6-16(17)20(15)21/h3-9,11-12H,1,10,13H2,2H3/b15-11-. The van der Waals surface area contributed by atoms with E-state index in [1.165, 1.54) is 0 Å². The predicted molar refractivity (Wildman–Crippen MR) is 92.9 cm³/mol. The highest BCUT2D eigenvalue weighted by Gasteiger charge is 2.22. The van der Waals surface area contributed by atoms with E-state index in [9.17, 15) is 4.79 Å². The van der Waals surface area contributed by atoms with Crippen molar-refractivity contribution in [3.05, 3.63) is 71.8 Å². The lowest BCUT2D eigenvalue weighted by atomic mass is 9.98. The van der Waals surface area contributed by atoms with Crippen LogP contribution in [0.5, 0.6) is 17.2 Å². The SMILES string of the molecule is C=CCOc1ccc(/C=C2/COc3ccccc3C2=O)cc1OC. The summed E-state index contributed by atoms with van der Waals surface area (Å²) in [5.74, 6) is 1.86. The Morgan fingerprint density at radius 1 is 1.21 bits per heavy atom. The number of rotatable bonds is 5. The molecule has 122 valence electrons. The van der Waals surface area contributed by atoms with Crippen LogP contribution in [0.4, 0.5) is 0 Å². The minimum atomic E-state index is -0.0113. The molecule has 0 fully saturated rings. The van der Waals surface area contributed by atoms with Crippen LogP contribution in [0.15, 0.2) is 60.7 Å². The van der Waals surface area contributed by atoms with Crippen LogP contribution >= 0.6 is 0 Å². The van der Waals surface area contributed by atoms with E-state index in [0.29, 0.717) is 35.0 Å². The number of ketones is 1. The van der Waals surface area contributed by atoms with Crippen molar-refractivity contribution >= 4 is 11.9 Å². The fourth-order valence-electron chi connectivity index (χ4n) is 2.52. The van der Waals surface area contributed by atoms with Crippen molar-refractivity contribution in [3.8, 4) is 17.2 Å². The molecule has 2 aromatic rings.